The lowest BCUT2D eigenvalue weighted by Crippen LogP contribution is -2.22. The topological polar surface area (TPSA) is 95.1 Å². The lowest BCUT2D eigenvalue weighted by molar-refractivity contribution is 0.0951. The van der Waals surface area contributed by atoms with E-state index in [1.807, 2.05) is 12.1 Å². The molecule has 0 saturated heterocycles. The van der Waals surface area contributed by atoms with Gasteiger partial charge in [0.15, 0.2) is 0 Å². The summed E-state index contributed by atoms with van der Waals surface area (Å²) in [5.41, 5.74) is 2.21. The molecule has 8 heteroatoms. The second-order valence-electron chi connectivity index (χ2n) is 7.01. The molecule has 4 aromatic rings. The summed E-state index contributed by atoms with van der Waals surface area (Å²) in [4.78, 5) is 31.8. The highest BCUT2D eigenvalue weighted by Crippen LogP contribution is 2.29. The number of fused-ring (bicyclic) bond motifs is 1. The molecule has 1 amide bonds. The van der Waals surface area contributed by atoms with Gasteiger partial charge in [0.05, 0.1) is 21.1 Å². The number of hydrogen-bond donors (Lipinski definition) is 3. The number of aromatic hydroxyl groups is 1. The van der Waals surface area contributed by atoms with Crippen LogP contribution in [0.2, 0.25) is 10.0 Å². The van der Waals surface area contributed by atoms with Gasteiger partial charge in [0.2, 0.25) is 0 Å². The van der Waals surface area contributed by atoms with E-state index in [1.54, 1.807) is 48.8 Å². The Balaban J connectivity index is 1.64. The first kappa shape index (κ1) is 20.9. The molecule has 6 nitrogen and oxygen atoms in total. The zero-order valence-corrected chi connectivity index (χ0v) is 17.7. The second-order valence-corrected chi connectivity index (χ2v) is 7.82. The van der Waals surface area contributed by atoms with Crippen LogP contribution in [0.1, 0.15) is 27.0 Å². The van der Waals surface area contributed by atoms with Crippen molar-refractivity contribution in [3.8, 4) is 5.75 Å². The molecule has 0 aliphatic rings. The molecule has 0 saturated carbocycles. The van der Waals surface area contributed by atoms with Crippen molar-refractivity contribution in [3.63, 3.8) is 0 Å². The van der Waals surface area contributed by atoms with Crippen LogP contribution in [0, 0.1) is 0 Å². The van der Waals surface area contributed by atoms with Crippen LogP contribution < -0.4 is 10.9 Å². The van der Waals surface area contributed by atoms with Crippen LogP contribution in [-0.2, 0) is 13.0 Å². The third kappa shape index (κ3) is 4.55. The summed E-state index contributed by atoms with van der Waals surface area (Å²) in [6.45, 7) is 0.347. The highest BCUT2D eigenvalue weighted by atomic mass is 35.5. The number of H-pyrrole nitrogens is 1. The maximum Gasteiger partial charge on any atom is 0.255 e. The number of amides is 1. The molecule has 4 rings (SSSR count). The van der Waals surface area contributed by atoms with Gasteiger partial charge in [-0.15, -0.1) is 0 Å². The van der Waals surface area contributed by atoms with E-state index in [2.05, 4.69) is 15.3 Å². The zero-order valence-electron chi connectivity index (χ0n) is 16.2. The molecule has 0 unspecified atom stereocenters. The van der Waals surface area contributed by atoms with Crippen molar-refractivity contribution < 1.29 is 9.90 Å². The average Bonchev–Trinajstić information content (AvgIpc) is 2.78. The Hall–Kier alpha value is -3.35. The summed E-state index contributed by atoms with van der Waals surface area (Å²) < 4.78 is 0. The first-order valence-electron chi connectivity index (χ1n) is 9.41. The number of rotatable bonds is 5. The summed E-state index contributed by atoms with van der Waals surface area (Å²) in [5.74, 6) is -0.469. The molecular weight excluding hydrogens is 437 g/mol. The molecule has 2 heterocycles. The van der Waals surface area contributed by atoms with E-state index in [0.717, 1.165) is 11.1 Å². The molecule has 3 N–H and O–H groups in total. The fourth-order valence-electron chi connectivity index (χ4n) is 3.26. The van der Waals surface area contributed by atoms with Crippen molar-refractivity contribution in [3.05, 3.63) is 104 Å². The zero-order chi connectivity index (χ0) is 22.0. The van der Waals surface area contributed by atoms with E-state index in [9.17, 15) is 14.7 Å². The number of carbonyl (C=O) groups excluding carboxylic acids is 1. The lowest BCUT2D eigenvalue weighted by atomic mass is 10.0. The van der Waals surface area contributed by atoms with Gasteiger partial charge in [0.1, 0.15) is 5.75 Å². The van der Waals surface area contributed by atoms with Crippen LogP contribution in [0.15, 0.2) is 65.7 Å². The first-order chi connectivity index (χ1) is 14.9. The van der Waals surface area contributed by atoms with E-state index >= 15 is 0 Å². The normalized spacial score (nSPS) is 10.9. The molecule has 0 fully saturated rings. The van der Waals surface area contributed by atoms with Gasteiger partial charge in [-0.05, 0) is 53.6 Å². The van der Waals surface area contributed by atoms with Crippen molar-refractivity contribution in [1.29, 1.82) is 0 Å². The third-order valence-corrected chi connectivity index (χ3v) is 5.65. The van der Waals surface area contributed by atoms with Gasteiger partial charge in [-0.25, -0.2) is 0 Å². The maximum absolute atomic E-state index is 12.6. The number of hydrogen-bond acceptors (Lipinski definition) is 4. The second kappa shape index (κ2) is 8.79. The van der Waals surface area contributed by atoms with Crippen molar-refractivity contribution in [2.45, 2.75) is 13.0 Å². The molecular formula is C23H17Cl2N3O3. The summed E-state index contributed by atoms with van der Waals surface area (Å²) in [6, 6.07) is 13.4. The summed E-state index contributed by atoms with van der Waals surface area (Å²) in [7, 11) is 0. The van der Waals surface area contributed by atoms with Gasteiger partial charge in [0.25, 0.3) is 11.5 Å². The largest absolute Gasteiger partial charge is 0.507 e. The number of benzene rings is 2. The van der Waals surface area contributed by atoms with E-state index in [0.29, 0.717) is 33.1 Å². The predicted molar refractivity (Wildman–Crippen MR) is 121 cm³/mol. The number of aromatic nitrogens is 2. The highest BCUT2D eigenvalue weighted by Gasteiger charge is 2.15. The minimum atomic E-state index is -0.411. The van der Waals surface area contributed by atoms with Gasteiger partial charge in [-0.1, -0.05) is 29.3 Å². The van der Waals surface area contributed by atoms with Crippen molar-refractivity contribution in [2.24, 2.45) is 0 Å². The molecule has 0 aliphatic heterocycles. The van der Waals surface area contributed by atoms with E-state index < -0.39 is 5.56 Å². The van der Waals surface area contributed by atoms with Crippen LogP contribution in [-0.4, -0.2) is 21.0 Å². The minimum absolute atomic E-state index is 0.159. The predicted octanol–water partition coefficient (Wildman–Crippen LogP) is 4.46. The molecule has 0 bridgehead atoms. The molecule has 0 spiro atoms. The Labute approximate surface area is 187 Å². The summed E-state index contributed by atoms with van der Waals surface area (Å²) in [6.07, 6.45) is 3.47. The number of nitrogens with one attached hydrogen (secondary N) is 2. The van der Waals surface area contributed by atoms with Gasteiger partial charge in [0, 0.05) is 36.3 Å². The number of carbonyl (C=O) groups is 1. The highest BCUT2D eigenvalue weighted by molar-refractivity contribution is 6.42. The van der Waals surface area contributed by atoms with Crippen molar-refractivity contribution in [2.75, 3.05) is 0 Å². The van der Waals surface area contributed by atoms with Crippen LogP contribution in [0.5, 0.6) is 5.75 Å². The van der Waals surface area contributed by atoms with Crippen molar-refractivity contribution >= 4 is 40.0 Å². The van der Waals surface area contributed by atoms with Gasteiger partial charge in [-0.2, -0.15) is 0 Å². The van der Waals surface area contributed by atoms with Gasteiger partial charge < -0.3 is 15.4 Å². The Morgan fingerprint density at radius 1 is 1.00 bits per heavy atom. The number of pyridine rings is 2. The SMILES string of the molecule is O=C(NCc1ccncc1)c1ccc2[nH]c(=O)c(Cc3ccc(Cl)c(Cl)c3)c(O)c2c1. The Morgan fingerprint density at radius 2 is 1.77 bits per heavy atom. The Bertz CT molecular complexity index is 1340. The van der Waals surface area contributed by atoms with Crippen LogP contribution in [0.4, 0.5) is 0 Å². The monoisotopic (exact) mass is 453 g/mol. The smallest absolute Gasteiger partial charge is 0.255 e. The fraction of sp³-hybridized carbons (Fsp3) is 0.0870. The van der Waals surface area contributed by atoms with E-state index in [-0.39, 0.29) is 23.6 Å². The maximum atomic E-state index is 12.6. The Morgan fingerprint density at radius 3 is 2.52 bits per heavy atom. The number of nitrogens with zero attached hydrogens (tertiary/aromatic N) is 1. The molecule has 2 aromatic carbocycles. The molecule has 156 valence electrons. The first-order valence-corrected chi connectivity index (χ1v) is 10.2. The number of aromatic amines is 1. The lowest BCUT2D eigenvalue weighted by Gasteiger charge is -2.10. The van der Waals surface area contributed by atoms with Crippen molar-refractivity contribution in [1.82, 2.24) is 15.3 Å². The van der Waals surface area contributed by atoms with E-state index in [1.165, 1.54) is 0 Å². The average molecular weight is 454 g/mol. The molecule has 0 atom stereocenters. The van der Waals surface area contributed by atoms with Gasteiger partial charge >= 0.3 is 0 Å². The van der Waals surface area contributed by atoms with Crippen LogP contribution in [0.3, 0.4) is 0 Å². The number of halogens is 2. The molecule has 31 heavy (non-hydrogen) atoms. The summed E-state index contributed by atoms with van der Waals surface area (Å²) >= 11 is 12.0. The fourth-order valence-corrected chi connectivity index (χ4v) is 3.58. The Kier molecular flexibility index (Phi) is 5.93. The quantitative estimate of drug-likeness (QED) is 0.415. The van der Waals surface area contributed by atoms with Crippen LogP contribution in [0.25, 0.3) is 10.9 Å². The van der Waals surface area contributed by atoms with Crippen LogP contribution >= 0.6 is 23.2 Å². The third-order valence-electron chi connectivity index (χ3n) is 4.91. The summed E-state index contributed by atoms with van der Waals surface area (Å²) in [5, 5.41) is 14.8. The minimum Gasteiger partial charge on any atom is -0.507 e. The molecule has 2 aromatic heterocycles. The molecule has 0 radical (unpaired) electrons. The van der Waals surface area contributed by atoms with Gasteiger partial charge in [-0.3, -0.25) is 14.6 Å². The van der Waals surface area contributed by atoms with E-state index in [4.69, 9.17) is 23.2 Å². The standard InChI is InChI=1S/C23H17Cl2N3O3/c24-18-3-1-14(10-19(18)25)9-17-21(29)16-11-15(2-4-20(16)28-23(17)31)22(30)27-12-13-5-7-26-8-6-13/h1-8,10-11H,9,12H2,(H,27,30)(H2,28,29,31). The molecule has 0 aliphatic carbocycles.